The molecule has 0 fully saturated rings. The third-order valence-electron chi connectivity index (χ3n) is 4.77. The maximum atomic E-state index is 13.1. The summed E-state index contributed by atoms with van der Waals surface area (Å²) in [4.78, 5) is 36.8. The SMILES string of the molecule is Cc1ccccc1NC(=O)C(=Cc1cc([N+](=O)[O-])ccc1Cl)C(=O)Nc1ccccc1C. The van der Waals surface area contributed by atoms with Crippen LogP contribution in [0, 0.1) is 24.0 Å². The van der Waals surface area contributed by atoms with Gasteiger partial charge in [0.05, 0.1) is 4.92 Å². The van der Waals surface area contributed by atoms with Gasteiger partial charge in [0.2, 0.25) is 0 Å². The highest BCUT2D eigenvalue weighted by Gasteiger charge is 2.21. The van der Waals surface area contributed by atoms with Gasteiger partial charge in [0, 0.05) is 34.1 Å². The van der Waals surface area contributed by atoms with Crippen molar-refractivity contribution < 1.29 is 14.5 Å². The number of rotatable bonds is 6. The first-order valence-corrected chi connectivity index (χ1v) is 10.0. The van der Waals surface area contributed by atoms with E-state index in [1.165, 1.54) is 24.3 Å². The summed E-state index contributed by atoms with van der Waals surface area (Å²) in [6.45, 7) is 3.65. The Kier molecular flexibility index (Phi) is 7.02. The van der Waals surface area contributed by atoms with Crippen LogP contribution in [0.1, 0.15) is 16.7 Å². The number of aryl methyl sites for hydroxylation is 2. The van der Waals surface area contributed by atoms with E-state index in [1.54, 1.807) is 24.3 Å². The van der Waals surface area contributed by atoms with E-state index in [0.717, 1.165) is 11.1 Å². The summed E-state index contributed by atoms with van der Waals surface area (Å²) in [5, 5.41) is 16.8. The summed E-state index contributed by atoms with van der Waals surface area (Å²) < 4.78 is 0. The van der Waals surface area contributed by atoms with Crippen molar-refractivity contribution in [2.45, 2.75) is 13.8 Å². The first-order valence-electron chi connectivity index (χ1n) is 9.66. The number of carbonyl (C=O) groups excluding carboxylic acids is 2. The molecule has 7 nitrogen and oxygen atoms in total. The van der Waals surface area contributed by atoms with Crippen molar-refractivity contribution >= 4 is 46.6 Å². The van der Waals surface area contributed by atoms with Crippen LogP contribution in [0.3, 0.4) is 0 Å². The minimum atomic E-state index is -0.673. The standard InChI is InChI=1S/C24H20ClN3O4/c1-15-7-3-5-9-21(15)26-23(29)19(24(30)27-22-10-6-4-8-16(22)2)14-17-13-18(28(31)32)11-12-20(17)25/h3-14H,1-2H3,(H,26,29)(H,27,30). The van der Waals surface area contributed by atoms with Gasteiger partial charge in [-0.15, -0.1) is 0 Å². The van der Waals surface area contributed by atoms with Crippen molar-refractivity contribution in [1.29, 1.82) is 0 Å². The Bertz CT molecular complexity index is 1180. The number of nitro benzene ring substituents is 1. The molecule has 0 saturated carbocycles. The fraction of sp³-hybridized carbons (Fsp3) is 0.0833. The van der Waals surface area contributed by atoms with Gasteiger partial charge >= 0.3 is 0 Å². The van der Waals surface area contributed by atoms with Crippen molar-refractivity contribution in [3.05, 3.63) is 104 Å². The van der Waals surface area contributed by atoms with Crippen molar-refractivity contribution in [1.82, 2.24) is 0 Å². The predicted molar refractivity (Wildman–Crippen MR) is 126 cm³/mol. The van der Waals surface area contributed by atoms with Gasteiger partial charge in [0.1, 0.15) is 5.57 Å². The van der Waals surface area contributed by atoms with E-state index in [1.807, 2.05) is 38.1 Å². The number of anilines is 2. The first kappa shape index (κ1) is 22.7. The number of nitrogens with zero attached hydrogens (tertiary/aromatic N) is 1. The average Bonchev–Trinajstić information content (AvgIpc) is 2.76. The summed E-state index contributed by atoms with van der Waals surface area (Å²) in [5.41, 5.74) is 2.42. The van der Waals surface area contributed by atoms with Gasteiger partial charge in [-0.2, -0.15) is 0 Å². The minimum Gasteiger partial charge on any atom is -0.322 e. The van der Waals surface area contributed by atoms with E-state index in [-0.39, 0.29) is 21.8 Å². The molecular weight excluding hydrogens is 430 g/mol. The topological polar surface area (TPSA) is 101 Å². The van der Waals surface area contributed by atoms with Gasteiger partial charge in [-0.25, -0.2) is 0 Å². The molecule has 2 N–H and O–H groups in total. The largest absolute Gasteiger partial charge is 0.322 e. The molecule has 0 radical (unpaired) electrons. The molecule has 0 aromatic heterocycles. The van der Waals surface area contributed by atoms with Crippen LogP contribution in [0.5, 0.6) is 0 Å². The molecule has 3 rings (SSSR count). The van der Waals surface area contributed by atoms with Crippen LogP contribution in [0.25, 0.3) is 6.08 Å². The summed E-state index contributed by atoms with van der Waals surface area (Å²) in [6.07, 6.45) is 1.25. The van der Waals surface area contributed by atoms with E-state index < -0.39 is 16.7 Å². The quantitative estimate of drug-likeness (QED) is 0.170. The number of para-hydroxylation sites is 2. The highest BCUT2D eigenvalue weighted by molar-refractivity contribution is 6.33. The van der Waals surface area contributed by atoms with Crippen LogP contribution in [-0.2, 0) is 9.59 Å². The zero-order valence-electron chi connectivity index (χ0n) is 17.4. The molecule has 32 heavy (non-hydrogen) atoms. The lowest BCUT2D eigenvalue weighted by molar-refractivity contribution is -0.384. The molecule has 0 atom stereocenters. The predicted octanol–water partition coefficient (Wildman–Crippen LogP) is 5.53. The Morgan fingerprint density at radius 1 is 0.875 bits per heavy atom. The van der Waals surface area contributed by atoms with Gasteiger partial charge in [-0.3, -0.25) is 19.7 Å². The molecule has 0 spiro atoms. The Morgan fingerprint density at radius 2 is 1.38 bits per heavy atom. The number of nitro groups is 1. The van der Waals surface area contributed by atoms with Crippen molar-refractivity contribution in [2.75, 3.05) is 10.6 Å². The van der Waals surface area contributed by atoms with Gasteiger partial charge < -0.3 is 10.6 Å². The molecule has 3 aromatic carbocycles. The molecule has 0 aliphatic heterocycles. The lowest BCUT2D eigenvalue weighted by Gasteiger charge is -2.13. The summed E-state index contributed by atoms with van der Waals surface area (Å²) in [7, 11) is 0. The minimum absolute atomic E-state index is 0.167. The summed E-state index contributed by atoms with van der Waals surface area (Å²) >= 11 is 6.19. The molecule has 0 bridgehead atoms. The third kappa shape index (κ3) is 5.39. The van der Waals surface area contributed by atoms with Crippen molar-refractivity contribution in [3.63, 3.8) is 0 Å². The van der Waals surface area contributed by atoms with Crippen LogP contribution in [0.4, 0.5) is 17.1 Å². The fourth-order valence-corrected chi connectivity index (χ4v) is 3.12. The average molecular weight is 450 g/mol. The Morgan fingerprint density at radius 3 is 1.84 bits per heavy atom. The third-order valence-corrected chi connectivity index (χ3v) is 5.11. The number of halogens is 1. The van der Waals surface area contributed by atoms with Crippen LogP contribution >= 0.6 is 11.6 Å². The Labute approximate surface area is 189 Å². The normalized spacial score (nSPS) is 10.2. The fourth-order valence-electron chi connectivity index (χ4n) is 2.95. The maximum absolute atomic E-state index is 13.1. The highest BCUT2D eigenvalue weighted by Crippen LogP contribution is 2.26. The number of nitrogens with one attached hydrogen (secondary N) is 2. The molecule has 2 amide bonds. The number of benzene rings is 3. The van der Waals surface area contributed by atoms with Crippen LogP contribution < -0.4 is 10.6 Å². The monoisotopic (exact) mass is 449 g/mol. The lowest BCUT2D eigenvalue weighted by atomic mass is 10.1. The maximum Gasteiger partial charge on any atom is 0.270 e. The van der Waals surface area contributed by atoms with E-state index in [9.17, 15) is 19.7 Å². The van der Waals surface area contributed by atoms with Gasteiger partial charge in [0.15, 0.2) is 0 Å². The van der Waals surface area contributed by atoms with E-state index in [0.29, 0.717) is 11.4 Å². The Balaban J connectivity index is 2.03. The molecule has 0 unspecified atom stereocenters. The van der Waals surface area contributed by atoms with Crippen LogP contribution in [0.15, 0.2) is 72.3 Å². The molecule has 0 heterocycles. The van der Waals surface area contributed by atoms with Crippen molar-refractivity contribution in [2.24, 2.45) is 0 Å². The van der Waals surface area contributed by atoms with Gasteiger partial charge in [0.25, 0.3) is 17.5 Å². The molecule has 0 saturated heterocycles. The number of amides is 2. The number of carbonyl (C=O) groups is 2. The Hall–Kier alpha value is -3.97. The molecular formula is C24H20ClN3O4. The van der Waals surface area contributed by atoms with E-state index in [2.05, 4.69) is 10.6 Å². The molecule has 0 aliphatic rings. The van der Waals surface area contributed by atoms with Crippen molar-refractivity contribution in [3.8, 4) is 0 Å². The molecule has 8 heteroatoms. The van der Waals surface area contributed by atoms with Gasteiger partial charge in [-0.05, 0) is 49.2 Å². The first-order chi connectivity index (χ1) is 15.3. The zero-order chi connectivity index (χ0) is 23.3. The van der Waals surface area contributed by atoms with Gasteiger partial charge in [-0.1, -0.05) is 48.0 Å². The van der Waals surface area contributed by atoms with Crippen LogP contribution in [-0.4, -0.2) is 16.7 Å². The van der Waals surface area contributed by atoms with E-state index in [4.69, 9.17) is 11.6 Å². The lowest BCUT2D eigenvalue weighted by Crippen LogP contribution is -2.26. The second-order valence-corrected chi connectivity index (χ2v) is 7.47. The molecule has 162 valence electrons. The number of hydrogen-bond donors (Lipinski definition) is 2. The number of hydrogen-bond acceptors (Lipinski definition) is 4. The highest BCUT2D eigenvalue weighted by atomic mass is 35.5. The number of non-ortho nitro benzene ring substituents is 1. The van der Waals surface area contributed by atoms with Crippen LogP contribution in [0.2, 0.25) is 5.02 Å². The second kappa shape index (κ2) is 9.89. The summed E-state index contributed by atoms with van der Waals surface area (Å²) in [6, 6.07) is 18.1. The molecule has 0 aliphatic carbocycles. The smallest absolute Gasteiger partial charge is 0.270 e. The second-order valence-electron chi connectivity index (χ2n) is 7.06. The zero-order valence-corrected chi connectivity index (χ0v) is 18.1. The molecule has 3 aromatic rings. The summed E-state index contributed by atoms with van der Waals surface area (Å²) in [5.74, 6) is -1.35. The van der Waals surface area contributed by atoms with E-state index >= 15 is 0 Å².